The van der Waals surface area contributed by atoms with Crippen molar-refractivity contribution in [3.63, 3.8) is 0 Å². The summed E-state index contributed by atoms with van der Waals surface area (Å²) in [5.74, 6) is -0.369. The number of carbonyl (C=O) groups is 1. The molecule has 1 rings (SSSR count). The molecular formula is C10H19NO3. The van der Waals surface area contributed by atoms with Gasteiger partial charge in [0.2, 0.25) is 0 Å². The third-order valence-electron chi connectivity index (χ3n) is 2.58. The monoisotopic (exact) mass is 201 g/mol. The van der Waals surface area contributed by atoms with Crippen molar-refractivity contribution in [3.05, 3.63) is 0 Å². The maximum Gasteiger partial charge on any atom is 0.323 e. The van der Waals surface area contributed by atoms with Crippen LogP contribution < -0.4 is 5.73 Å². The standard InChI is InChI=1S/C10H19NO3/c11-9(6-7-12)10(13)14-8-4-2-1-3-5-8/h8-9,12H,1-7,11H2. The summed E-state index contributed by atoms with van der Waals surface area (Å²) >= 11 is 0. The Kier molecular flexibility index (Phi) is 4.90. The van der Waals surface area contributed by atoms with Crippen LogP contribution in [0.4, 0.5) is 0 Å². The molecule has 1 aliphatic carbocycles. The molecule has 1 aliphatic rings. The van der Waals surface area contributed by atoms with Crippen molar-refractivity contribution in [2.75, 3.05) is 6.61 Å². The van der Waals surface area contributed by atoms with Gasteiger partial charge in [-0.05, 0) is 32.1 Å². The first-order valence-electron chi connectivity index (χ1n) is 5.31. The van der Waals surface area contributed by atoms with Crippen molar-refractivity contribution in [2.45, 2.75) is 50.7 Å². The molecule has 0 saturated heterocycles. The van der Waals surface area contributed by atoms with Crippen molar-refractivity contribution >= 4 is 5.97 Å². The van der Waals surface area contributed by atoms with Gasteiger partial charge in [-0.1, -0.05) is 6.42 Å². The summed E-state index contributed by atoms with van der Waals surface area (Å²) in [5, 5.41) is 8.60. The predicted octanol–water partition coefficient (Wildman–Crippen LogP) is 0.572. The second-order valence-corrected chi connectivity index (χ2v) is 3.82. The van der Waals surface area contributed by atoms with Crippen LogP contribution >= 0.6 is 0 Å². The Morgan fingerprint density at radius 1 is 1.43 bits per heavy atom. The minimum Gasteiger partial charge on any atom is -0.461 e. The average Bonchev–Trinajstić information content (AvgIpc) is 2.19. The van der Waals surface area contributed by atoms with E-state index in [0.717, 1.165) is 25.7 Å². The van der Waals surface area contributed by atoms with Gasteiger partial charge in [0.15, 0.2) is 0 Å². The zero-order valence-corrected chi connectivity index (χ0v) is 8.45. The van der Waals surface area contributed by atoms with Crippen LogP contribution in [0.2, 0.25) is 0 Å². The highest BCUT2D eigenvalue weighted by molar-refractivity contribution is 5.75. The molecule has 4 nitrogen and oxygen atoms in total. The molecule has 0 aromatic rings. The van der Waals surface area contributed by atoms with Crippen molar-refractivity contribution in [3.8, 4) is 0 Å². The number of ether oxygens (including phenoxy) is 1. The minimum atomic E-state index is -0.665. The van der Waals surface area contributed by atoms with Crippen LogP contribution in [0.1, 0.15) is 38.5 Å². The number of carbonyl (C=O) groups excluding carboxylic acids is 1. The second-order valence-electron chi connectivity index (χ2n) is 3.82. The molecule has 0 aliphatic heterocycles. The Hall–Kier alpha value is -0.610. The summed E-state index contributed by atoms with van der Waals surface area (Å²) in [5.41, 5.74) is 5.51. The van der Waals surface area contributed by atoms with E-state index in [-0.39, 0.29) is 25.1 Å². The quantitative estimate of drug-likeness (QED) is 0.652. The third kappa shape index (κ3) is 3.64. The van der Waals surface area contributed by atoms with E-state index in [0.29, 0.717) is 0 Å². The van der Waals surface area contributed by atoms with Crippen LogP contribution in [0, 0.1) is 0 Å². The van der Waals surface area contributed by atoms with Crippen LogP contribution in [0.3, 0.4) is 0 Å². The Morgan fingerprint density at radius 2 is 2.07 bits per heavy atom. The maximum absolute atomic E-state index is 11.3. The van der Waals surface area contributed by atoms with Crippen LogP contribution in [-0.4, -0.2) is 29.8 Å². The number of aliphatic hydroxyl groups excluding tert-OH is 1. The molecule has 0 aromatic heterocycles. The molecule has 4 heteroatoms. The molecule has 0 amide bonds. The summed E-state index contributed by atoms with van der Waals surface area (Å²) in [6.07, 6.45) is 5.75. The normalized spacial score (nSPS) is 20.4. The number of hydrogen-bond acceptors (Lipinski definition) is 4. The van der Waals surface area contributed by atoms with Gasteiger partial charge in [-0.15, -0.1) is 0 Å². The maximum atomic E-state index is 11.3. The van der Waals surface area contributed by atoms with Crippen molar-refractivity contribution in [1.29, 1.82) is 0 Å². The molecular weight excluding hydrogens is 182 g/mol. The van der Waals surface area contributed by atoms with E-state index in [1.807, 2.05) is 0 Å². The van der Waals surface area contributed by atoms with Crippen molar-refractivity contribution in [1.82, 2.24) is 0 Å². The molecule has 0 radical (unpaired) electrons. The molecule has 0 aromatic carbocycles. The van der Waals surface area contributed by atoms with E-state index in [9.17, 15) is 4.79 Å². The van der Waals surface area contributed by atoms with Gasteiger partial charge in [-0.25, -0.2) is 0 Å². The topological polar surface area (TPSA) is 72.5 Å². The van der Waals surface area contributed by atoms with Gasteiger partial charge in [0.05, 0.1) is 0 Å². The first-order chi connectivity index (χ1) is 6.74. The summed E-state index contributed by atoms with van der Waals surface area (Å²) in [6.45, 7) is -0.0685. The number of aliphatic hydroxyl groups is 1. The molecule has 3 N–H and O–H groups in total. The molecule has 1 fully saturated rings. The van der Waals surface area contributed by atoms with Crippen LogP contribution in [-0.2, 0) is 9.53 Å². The Morgan fingerprint density at radius 3 is 2.64 bits per heavy atom. The first-order valence-corrected chi connectivity index (χ1v) is 5.31. The lowest BCUT2D eigenvalue weighted by atomic mass is 9.98. The predicted molar refractivity (Wildman–Crippen MR) is 52.6 cm³/mol. The Balaban J connectivity index is 2.24. The smallest absolute Gasteiger partial charge is 0.323 e. The first kappa shape index (κ1) is 11.5. The molecule has 14 heavy (non-hydrogen) atoms. The molecule has 1 unspecified atom stereocenters. The van der Waals surface area contributed by atoms with E-state index in [1.165, 1.54) is 6.42 Å². The fourth-order valence-electron chi connectivity index (χ4n) is 1.69. The zero-order chi connectivity index (χ0) is 10.4. The highest BCUT2D eigenvalue weighted by atomic mass is 16.5. The average molecular weight is 201 g/mol. The molecule has 0 bridgehead atoms. The summed E-state index contributed by atoms with van der Waals surface area (Å²) in [7, 11) is 0. The number of rotatable bonds is 4. The van der Waals surface area contributed by atoms with Gasteiger partial charge >= 0.3 is 5.97 Å². The van der Waals surface area contributed by atoms with Gasteiger partial charge in [0, 0.05) is 6.61 Å². The van der Waals surface area contributed by atoms with Gasteiger partial charge < -0.3 is 15.6 Å². The van der Waals surface area contributed by atoms with Crippen LogP contribution in [0.5, 0.6) is 0 Å². The summed E-state index contributed by atoms with van der Waals surface area (Å²) < 4.78 is 5.23. The summed E-state index contributed by atoms with van der Waals surface area (Å²) in [4.78, 5) is 11.3. The van der Waals surface area contributed by atoms with E-state index in [1.54, 1.807) is 0 Å². The summed E-state index contributed by atoms with van der Waals surface area (Å²) in [6, 6.07) is -0.665. The van der Waals surface area contributed by atoms with Crippen molar-refractivity contribution in [2.24, 2.45) is 5.73 Å². The molecule has 1 saturated carbocycles. The van der Waals surface area contributed by atoms with E-state index in [4.69, 9.17) is 15.6 Å². The molecule has 0 spiro atoms. The number of nitrogens with two attached hydrogens (primary N) is 1. The second kappa shape index (κ2) is 5.98. The van der Waals surface area contributed by atoms with Crippen LogP contribution in [0.15, 0.2) is 0 Å². The van der Waals surface area contributed by atoms with Crippen molar-refractivity contribution < 1.29 is 14.6 Å². The molecule has 0 heterocycles. The Bertz CT molecular complexity index is 178. The number of hydrogen-bond donors (Lipinski definition) is 2. The fourth-order valence-corrected chi connectivity index (χ4v) is 1.69. The SMILES string of the molecule is NC(CCO)C(=O)OC1CCCCC1. The van der Waals surface area contributed by atoms with Gasteiger partial charge in [0.1, 0.15) is 12.1 Å². The van der Waals surface area contributed by atoms with Gasteiger partial charge in [-0.2, -0.15) is 0 Å². The highest BCUT2D eigenvalue weighted by Gasteiger charge is 2.21. The zero-order valence-electron chi connectivity index (χ0n) is 8.45. The number of esters is 1. The molecule has 1 atom stereocenters. The lowest BCUT2D eigenvalue weighted by Crippen LogP contribution is -2.36. The lowest BCUT2D eigenvalue weighted by molar-refractivity contribution is -0.152. The highest BCUT2D eigenvalue weighted by Crippen LogP contribution is 2.20. The minimum absolute atomic E-state index is 0.0565. The largest absolute Gasteiger partial charge is 0.461 e. The van der Waals surface area contributed by atoms with Gasteiger partial charge in [-0.3, -0.25) is 4.79 Å². The lowest BCUT2D eigenvalue weighted by Gasteiger charge is -2.23. The third-order valence-corrected chi connectivity index (χ3v) is 2.58. The Labute approximate surface area is 84.4 Å². The molecule has 82 valence electrons. The van der Waals surface area contributed by atoms with Crippen LogP contribution in [0.25, 0.3) is 0 Å². The van der Waals surface area contributed by atoms with E-state index < -0.39 is 6.04 Å². The van der Waals surface area contributed by atoms with E-state index in [2.05, 4.69) is 0 Å². The van der Waals surface area contributed by atoms with E-state index >= 15 is 0 Å². The fraction of sp³-hybridized carbons (Fsp3) is 0.900. The van der Waals surface area contributed by atoms with Gasteiger partial charge in [0.25, 0.3) is 0 Å².